The van der Waals surface area contributed by atoms with Gasteiger partial charge < -0.3 is 30.3 Å². The normalized spacial score (nSPS) is 18.0. The number of anilines is 2. The minimum Gasteiger partial charge on any atom is -0.394 e. The molecule has 0 aliphatic carbocycles. The van der Waals surface area contributed by atoms with Crippen molar-refractivity contribution in [3.8, 4) is 0 Å². The van der Waals surface area contributed by atoms with E-state index in [1.54, 1.807) is 0 Å². The first-order valence-electron chi connectivity index (χ1n) is 6.86. The van der Waals surface area contributed by atoms with Crippen molar-refractivity contribution in [3.63, 3.8) is 0 Å². The lowest BCUT2D eigenvalue weighted by Gasteiger charge is -2.30. The number of aromatic amines is 1. The van der Waals surface area contributed by atoms with Gasteiger partial charge in [-0.3, -0.25) is 14.3 Å². The molecule has 0 spiro atoms. The number of ether oxygens (including phenoxy) is 1. The molecular formula is C11H18N4O8S. The molecule has 13 heteroatoms. The van der Waals surface area contributed by atoms with E-state index >= 15 is 0 Å². The molecule has 2 heterocycles. The number of hydrogen-bond acceptors (Lipinski definition) is 10. The van der Waals surface area contributed by atoms with Crippen molar-refractivity contribution in [2.24, 2.45) is 0 Å². The van der Waals surface area contributed by atoms with Gasteiger partial charge >= 0.3 is 10.1 Å². The highest BCUT2D eigenvalue weighted by Gasteiger charge is 2.32. The Bertz CT molecular complexity index is 751. The van der Waals surface area contributed by atoms with E-state index in [9.17, 15) is 23.4 Å². The first kappa shape index (κ1) is 18.6. The highest BCUT2D eigenvalue weighted by atomic mass is 32.2. The predicted molar refractivity (Wildman–Crippen MR) is 80.2 cm³/mol. The Balaban J connectivity index is 2.31. The number of nitrogens with one attached hydrogen (secondary N) is 2. The Morgan fingerprint density at radius 2 is 2.04 bits per heavy atom. The molecule has 0 radical (unpaired) electrons. The molecule has 136 valence electrons. The number of aromatic nitrogens is 2. The van der Waals surface area contributed by atoms with E-state index < -0.39 is 52.5 Å². The Labute approximate surface area is 136 Å². The summed E-state index contributed by atoms with van der Waals surface area (Å²) in [6.45, 7) is 0.352. The Kier molecular flexibility index (Phi) is 5.42. The van der Waals surface area contributed by atoms with Gasteiger partial charge in [0.2, 0.25) is 0 Å². The van der Waals surface area contributed by atoms with Gasteiger partial charge in [-0.2, -0.15) is 13.4 Å². The van der Waals surface area contributed by atoms with Gasteiger partial charge in [-0.15, -0.1) is 0 Å². The van der Waals surface area contributed by atoms with E-state index in [0.717, 1.165) is 0 Å². The molecule has 12 nitrogen and oxygen atoms in total. The fourth-order valence-electron chi connectivity index (χ4n) is 2.17. The van der Waals surface area contributed by atoms with Crippen LogP contribution in [0.1, 0.15) is 6.92 Å². The summed E-state index contributed by atoms with van der Waals surface area (Å²) in [5.41, 5.74) is -0.808. The number of aliphatic hydroxyl groups is 3. The Hall–Kier alpha value is -1.77. The van der Waals surface area contributed by atoms with Crippen molar-refractivity contribution in [2.45, 2.75) is 30.5 Å². The van der Waals surface area contributed by atoms with Crippen LogP contribution in [-0.2, 0) is 14.9 Å². The van der Waals surface area contributed by atoms with Crippen molar-refractivity contribution in [2.75, 3.05) is 30.1 Å². The van der Waals surface area contributed by atoms with Crippen LogP contribution in [-0.4, -0.2) is 76.6 Å². The highest BCUT2D eigenvalue weighted by molar-refractivity contribution is 7.85. The third-order valence-electron chi connectivity index (χ3n) is 3.43. The summed E-state index contributed by atoms with van der Waals surface area (Å²) < 4.78 is 36.8. The summed E-state index contributed by atoms with van der Waals surface area (Å²) in [5, 5.41) is 29.4. The Morgan fingerprint density at radius 3 is 2.58 bits per heavy atom. The quantitative estimate of drug-likeness (QED) is 0.217. The zero-order valence-electron chi connectivity index (χ0n) is 12.6. The molecule has 1 aliphatic heterocycles. The van der Waals surface area contributed by atoms with Crippen LogP contribution in [0.4, 0.5) is 11.5 Å². The summed E-state index contributed by atoms with van der Waals surface area (Å²) in [4.78, 5) is 18.9. The molecule has 1 aromatic rings. The zero-order valence-corrected chi connectivity index (χ0v) is 13.4. The summed E-state index contributed by atoms with van der Waals surface area (Å²) in [6.07, 6.45) is -3.27. The molecule has 1 aliphatic rings. The number of hydrogen-bond donors (Lipinski definition) is 6. The topological polar surface area (TPSA) is 185 Å². The van der Waals surface area contributed by atoms with Gasteiger partial charge in [0.15, 0.2) is 5.82 Å². The second-order valence-electron chi connectivity index (χ2n) is 5.06. The van der Waals surface area contributed by atoms with Crippen LogP contribution in [0.25, 0.3) is 0 Å². The number of fused-ring (bicyclic) bond motifs is 1. The molecule has 3 atom stereocenters. The number of H-pyrrole nitrogens is 1. The van der Waals surface area contributed by atoms with Crippen LogP contribution in [0.3, 0.4) is 0 Å². The average Bonchev–Trinajstić information content (AvgIpc) is 2.95. The van der Waals surface area contributed by atoms with Crippen LogP contribution in [0, 0.1) is 0 Å². The molecule has 1 aromatic heterocycles. The molecule has 2 rings (SSSR count). The third kappa shape index (κ3) is 3.66. The van der Waals surface area contributed by atoms with Crippen molar-refractivity contribution in [1.29, 1.82) is 0 Å². The molecule has 24 heavy (non-hydrogen) atoms. The van der Waals surface area contributed by atoms with Gasteiger partial charge in [-0.25, -0.2) is 0 Å². The summed E-state index contributed by atoms with van der Waals surface area (Å²) in [6, 6.07) is 0. The Morgan fingerprint density at radius 1 is 1.38 bits per heavy atom. The van der Waals surface area contributed by atoms with Gasteiger partial charge in [0.25, 0.3) is 10.7 Å². The fraction of sp³-hybridized carbons (Fsp3) is 0.636. The van der Waals surface area contributed by atoms with Crippen molar-refractivity contribution < 1.29 is 33.0 Å². The van der Waals surface area contributed by atoms with Crippen molar-refractivity contribution in [3.05, 3.63) is 10.4 Å². The van der Waals surface area contributed by atoms with Gasteiger partial charge in [-0.1, -0.05) is 0 Å². The molecular weight excluding hydrogens is 348 g/mol. The van der Waals surface area contributed by atoms with Crippen LogP contribution in [0.5, 0.6) is 0 Å². The van der Waals surface area contributed by atoms with Gasteiger partial charge in [0.05, 0.1) is 19.9 Å². The predicted octanol–water partition coefficient (Wildman–Crippen LogP) is -2.72. The lowest BCUT2D eigenvalue weighted by Crippen LogP contribution is -2.44. The standard InChI is InChI=1S/C11H18N4O8S/c1-5(23-7(3-17)6(18)2-16)15-4-12-8-9(15)13-11(14-10(8)19)24(20,21)22/h5-7,12,16-18H,2-4H2,1H3,(H,13,14,19)(H,20,21,22)/t5?,6-,7-/m1/s1. The van der Waals surface area contributed by atoms with Crippen LogP contribution in [0.2, 0.25) is 0 Å². The fourth-order valence-corrected chi connectivity index (χ4v) is 2.59. The van der Waals surface area contributed by atoms with Gasteiger partial charge in [0.1, 0.15) is 24.1 Å². The number of aliphatic hydroxyl groups excluding tert-OH is 3. The monoisotopic (exact) mass is 366 g/mol. The second kappa shape index (κ2) is 7.00. The molecule has 0 saturated heterocycles. The third-order valence-corrected chi connectivity index (χ3v) is 4.11. The average molecular weight is 366 g/mol. The molecule has 0 aromatic carbocycles. The highest BCUT2D eigenvalue weighted by Crippen LogP contribution is 2.28. The maximum absolute atomic E-state index is 11.9. The molecule has 1 unspecified atom stereocenters. The molecule has 0 fully saturated rings. The second-order valence-corrected chi connectivity index (χ2v) is 6.39. The lowest BCUT2D eigenvalue weighted by molar-refractivity contribution is -0.105. The van der Waals surface area contributed by atoms with E-state index in [1.165, 1.54) is 11.8 Å². The smallest absolute Gasteiger partial charge is 0.328 e. The van der Waals surface area contributed by atoms with E-state index in [0.29, 0.717) is 0 Å². The minimum atomic E-state index is -4.72. The molecule has 0 bridgehead atoms. The zero-order chi connectivity index (χ0) is 18.1. The number of rotatable bonds is 7. The largest absolute Gasteiger partial charge is 0.394 e. The number of nitrogens with zero attached hydrogens (tertiary/aromatic N) is 2. The van der Waals surface area contributed by atoms with Crippen LogP contribution < -0.4 is 15.8 Å². The maximum Gasteiger partial charge on any atom is 0.328 e. The van der Waals surface area contributed by atoms with E-state index in [-0.39, 0.29) is 18.2 Å². The first-order valence-corrected chi connectivity index (χ1v) is 8.30. The molecule has 0 saturated carbocycles. The first-order chi connectivity index (χ1) is 11.2. The van der Waals surface area contributed by atoms with Crippen molar-refractivity contribution in [1.82, 2.24) is 9.97 Å². The van der Waals surface area contributed by atoms with Gasteiger partial charge in [-0.05, 0) is 6.92 Å². The summed E-state index contributed by atoms with van der Waals surface area (Å²) in [7, 11) is -4.72. The minimum absolute atomic E-state index is 0.0129. The van der Waals surface area contributed by atoms with Crippen LogP contribution >= 0.6 is 0 Å². The van der Waals surface area contributed by atoms with Crippen LogP contribution in [0.15, 0.2) is 9.95 Å². The van der Waals surface area contributed by atoms with E-state index in [4.69, 9.17) is 14.4 Å². The SMILES string of the molecule is CC(O[C@H](CO)[C@H](O)CO)N1CNc2c1nc(S(=O)(=O)O)[nH]c2=O. The summed E-state index contributed by atoms with van der Waals surface area (Å²) >= 11 is 0. The molecule has 6 N–H and O–H groups in total. The van der Waals surface area contributed by atoms with Crippen molar-refractivity contribution >= 4 is 21.6 Å². The van der Waals surface area contributed by atoms with Gasteiger partial charge in [0, 0.05) is 0 Å². The van der Waals surface area contributed by atoms with E-state index in [2.05, 4.69) is 10.3 Å². The molecule has 0 amide bonds. The maximum atomic E-state index is 11.9. The lowest BCUT2D eigenvalue weighted by atomic mass is 10.2. The van der Waals surface area contributed by atoms with E-state index in [1.807, 2.05) is 4.98 Å². The summed E-state index contributed by atoms with van der Waals surface area (Å²) in [5.74, 6) is -0.0750.